The number of nitrogens with two attached hydrogens (primary N) is 1. The van der Waals surface area contributed by atoms with Crippen LogP contribution < -0.4 is 11.1 Å². The minimum absolute atomic E-state index is 0. The molecule has 3 rings (SSSR count). The Labute approximate surface area is 117 Å². The largest absolute Gasteiger partial charge is 0.369 e. The Bertz CT molecular complexity index is 575. The fraction of sp³-hybridized carbons (Fsp3) is 0.231. The summed E-state index contributed by atoms with van der Waals surface area (Å²) in [7, 11) is 0. The van der Waals surface area contributed by atoms with Crippen LogP contribution in [0.5, 0.6) is 0 Å². The topological polar surface area (TPSA) is 83.8 Å². The first-order chi connectivity index (χ1) is 8.72. The van der Waals surface area contributed by atoms with Crippen molar-refractivity contribution in [1.82, 2.24) is 9.97 Å². The molecule has 5 nitrogen and oxygen atoms in total. The molecular weight excluding hydrogens is 264 g/mol. The van der Waals surface area contributed by atoms with Crippen LogP contribution in [0.1, 0.15) is 12.8 Å². The zero-order valence-corrected chi connectivity index (χ0v) is 11.0. The van der Waals surface area contributed by atoms with Gasteiger partial charge < -0.3 is 16.0 Å². The Morgan fingerprint density at radius 3 is 2.53 bits per heavy atom. The molecule has 4 N–H and O–H groups in total. The van der Waals surface area contributed by atoms with Gasteiger partial charge in [0.2, 0.25) is 5.91 Å². The summed E-state index contributed by atoms with van der Waals surface area (Å²) in [5, 5.41) is 2.90. The first-order valence-electron chi connectivity index (χ1n) is 5.94. The second-order valence-corrected chi connectivity index (χ2v) is 4.52. The fourth-order valence-corrected chi connectivity index (χ4v) is 1.81. The van der Waals surface area contributed by atoms with E-state index in [2.05, 4.69) is 15.3 Å². The lowest BCUT2D eigenvalue weighted by Gasteiger charge is -2.04. The summed E-state index contributed by atoms with van der Waals surface area (Å²) < 4.78 is 0. The average Bonchev–Trinajstić information content (AvgIpc) is 3.13. The van der Waals surface area contributed by atoms with Crippen LogP contribution >= 0.6 is 12.4 Å². The molecule has 1 aromatic carbocycles. The molecule has 0 spiro atoms. The van der Waals surface area contributed by atoms with E-state index in [0.717, 1.165) is 29.8 Å². The molecule has 0 unspecified atom stereocenters. The maximum absolute atomic E-state index is 11.6. The van der Waals surface area contributed by atoms with Crippen molar-refractivity contribution in [3.8, 4) is 11.3 Å². The molecule has 0 saturated heterocycles. The zero-order valence-electron chi connectivity index (χ0n) is 10.2. The normalized spacial score (nSPS) is 13.7. The Morgan fingerprint density at radius 2 is 2.00 bits per heavy atom. The summed E-state index contributed by atoms with van der Waals surface area (Å²) in [5.74, 6) is 0.738. The number of halogens is 1. The first-order valence-corrected chi connectivity index (χ1v) is 5.94. The number of aromatic amines is 1. The molecule has 1 aliphatic carbocycles. The SMILES string of the molecule is Cl.Nc1ncc(-c2ccc(NC(=O)C3CC3)cc2)[nH]1. The van der Waals surface area contributed by atoms with E-state index in [4.69, 9.17) is 5.73 Å². The standard InChI is InChI=1S/C13H14N4O.ClH/c14-13-15-7-11(17-13)8-3-5-10(6-4-8)16-12(18)9-1-2-9;/h3-7,9H,1-2H2,(H,16,18)(H3,14,15,17);1H. The van der Waals surface area contributed by atoms with E-state index in [0.29, 0.717) is 5.95 Å². The molecular formula is C13H15ClN4O. The Kier molecular flexibility index (Phi) is 3.76. The third-order valence-electron chi connectivity index (χ3n) is 3.01. The number of nitrogens with one attached hydrogen (secondary N) is 2. The predicted octanol–water partition coefficient (Wildman–Crippen LogP) is 2.43. The van der Waals surface area contributed by atoms with Gasteiger partial charge in [0.15, 0.2) is 5.95 Å². The van der Waals surface area contributed by atoms with Gasteiger partial charge in [-0.15, -0.1) is 12.4 Å². The van der Waals surface area contributed by atoms with Gasteiger partial charge in [0.1, 0.15) is 0 Å². The molecule has 1 heterocycles. The Morgan fingerprint density at radius 1 is 1.32 bits per heavy atom. The third-order valence-corrected chi connectivity index (χ3v) is 3.01. The van der Waals surface area contributed by atoms with Gasteiger partial charge in [-0.25, -0.2) is 4.98 Å². The zero-order chi connectivity index (χ0) is 12.5. The molecule has 6 heteroatoms. The predicted molar refractivity (Wildman–Crippen MR) is 77.0 cm³/mol. The van der Waals surface area contributed by atoms with E-state index >= 15 is 0 Å². The summed E-state index contributed by atoms with van der Waals surface area (Å²) in [6.07, 6.45) is 3.71. The average molecular weight is 279 g/mol. The van der Waals surface area contributed by atoms with Crippen LogP contribution in [0.25, 0.3) is 11.3 Å². The van der Waals surface area contributed by atoms with Crippen molar-refractivity contribution in [1.29, 1.82) is 0 Å². The molecule has 0 radical (unpaired) electrons. The highest BCUT2D eigenvalue weighted by Gasteiger charge is 2.29. The van der Waals surface area contributed by atoms with Crippen molar-refractivity contribution in [2.45, 2.75) is 12.8 Å². The number of hydrogen-bond donors (Lipinski definition) is 3. The van der Waals surface area contributed by atoms with E-state index in [-0.39, 0.29) is 24.2 Å². The van der Waals surface area contributed by atoms with Crippen LogP contribution in [0, 0.1) is 5.92 Å². The molecule has 0 bridgehead atoms. The van der Waals surface area contributed by atoms with Crippen molar-refractivity contribution < 1.29 is 4.79 Å². The summed E-state index contributed by atoms with van der Waals surface area (Å²) in [5.41, 5.74) is 8.21. The highest BCUT2D eigenvalue weighted by atomic mass is 35.5. The summed E-state index contributed by atoms with van der Waals surface area (Å²) in [4.78, 5) is 18.5. The molecule has 1 aliphatic rings. The molecule has 2 aromatic rings. The van der Waals surface area contributed by atoms with Crippen LogP contribution in [0.3, 0.4) is 0 Å². The van der Waals surface area contributed by atoms with E-state index in [9.17, 15) is 4.79 Å². The quantitative estimate of drug-likeness (QED) is 0.806. The number of anilines is 2. The second kappa shape index (κ2) is 5.32. The van der Waals surface area contributed by atoms with Crippen LogP contribution in [0.4, 0.5) is 11.6 Å². The number of rotatable bonds is 3. The summed E-state index contributed by atoms with van der Waals surface area (Å²) >= 11 is 0. The lowest BCUT2D eigenvalue weighted by Crippen LogP contribution is -2.12. The molecule has 19 heavy (non-hydrogen) atoms. The highest BCUT2D eigenvalue weighted by molar-refractivity contribution is 5.94. The molecule has 1 fully saturated rings. The van der Waals surface area contributed by atoms with Gasteiger partial charge in [-0.3, -0.25) is 4.79 Å². The number of amides is 1. The van der Waals surface area contributed by atoms with Crippen LogP contribution in [-0.4, -0.2) is 15.9 Å². The van der Waals surface area contributed by atoms with Gasteiger partial charge in [0.25, 0.3) is 0 Å². The maximum atomic E-state index is 11.6. The van der Waals surface area contributed by atoms with E-state index in [1.165, 1.54) is 0 Å². The van der Waals surface area contributed by atoms with Crippen molar-refractivity contribution in [3.05, 3.63) is 30.5 Å². The van der Waals surface area contributed by atoms with Crippen molar-refractivity contribution in [2.24, 2.45) is 5.92 Å². The minimum atomic E-state index is 0. The molecule has 1 aromatic heterocycles. The van der Waals surface area contributed by atoms with E-state index < -0.39 is 0 Å². The smallest absolute Gasteiger partial charge is 0.227 e. The molecule has 100 valence electrons. The number of carbonyl (C=O) groups excluding carboxylic acids is 1. The van der Waals surface area contributed by atoms with Gasteiger partial charge in [0.05, 0.1) is 11.9 Å². The van der Waals surface area contributed by atoms with Gasteiger partial charge in [-0.05, 0) is 30.5 Å². The monoisotopic (exact) mass is 278 g/mol. The number of imidazole rings is 1. The van der Waals surface area contributed by atoms with E-state index in [1.807, 2.05) is 24.3 Å². The van der Waals surface area contributed by atoms with Crippen molar-refractivity contribution in [3.63, 3.8) is 0 Å². The molecule has 0 atom stereocenters. The number of nitrogen functional groups attached to an aromatic ring is 1. The number of hydrogen-bond acceptors (Lipinski definition) is 3. The first kappa shape index (κ1) is 13.4. The summed E-state index contributed by atoms with van der Waals surface area (Å²) in [6, 6.07) is 7.62. The Hall–Kier alpha value is -2.01. The molecule has 1 amide bonds. The van der Waals surface area contributed by atoms with Gasteiger partial charge in [0, 0.05) is 11.6 Å². The van der Waals surface area contributed by atoms with Gasteiger partial charge in [-0.1, -0.05) is 12.1 Å². The number of aromatic nitrogens is 2. The highest BCUT2D eigenvalue weighted by Crippen LogP contribution is 2.30. The van der Waals surface area contributed by atoms with Crippen LogP contribution in [0.2, 0.25) is 0 Å². The third kappa shape index (κ3) is 3.06. The molecule has 0 aliphatic heterocycles. The number of nitrogens with zero attached hydrogens (tertiary/aromatic N) is 1. The maximum Gasteiger partial charge on any atom is 0.227 e. The molecule has 1 saturated carbocycles. The van der Waals surface area contributed by atoms with Crippen molar-refractivity contribution >= 4 is 29.9 Å². The summed E-state index contributed by atoms with van der Waals surface area (Å²) in [6.45, 7) is 0. The second-order valence-electron chi connectivity index (χ2n) is 4.52. The van der Waals surface area contributed by atoms with Crippen LogP contribution in [0.15, 0.2) is 30.5 Å². The number of benzene rings is 1. The van der Waals surface area contributed by atoms with Crippen LogP contribution in [-0.2, 0) is 4.79 Å². The van der Waals surface area contributed by atoms with Gasteiger partial charge in [-0.2, -0.15) is 0 Å². The van der Waals surface area contributed by atoms with Gasteiger partial charge >= 0.3 is 0 Å². The number of H-pyrrole nitrogens is 1. The van der Waals surface area contributed by atoms with Crippen molar-refractivity contribution in [2.75, 3.05) is 11.1 Å². The van der Waals surface area contributed by atoms with E-state index in [1.54, 1.807) is 6.20 Å². The fourth-order valence-electron chi connectivity index (χ4n) is 1.81. The Balaban J connectivity index is 0.00000133. The minimum Gasteiger partial charge on any atom is -0.369 e. The number of carbonyl (C=O) groups is 1. The lowest BCUT2D eigenvalue weighted by atomic mass is 10.1. The lowest BCUT2D eigenvalue weighted by molar-refractivity contribution is -0.117.